The van der Waals surface area contributed by atoms with E-state index in [1.54, 1.807) is 0 Å². The molecule has 0 radical (unpaired) electrons. The van der Waals surface area contributed by atoms with Gasteiger partial charge in [0, 0.05) is 133 Å². The fourth-order valence-electron chi connectivity index (χ4n) is 19.8. The molecule has 0 atom stereocenters. The monoisotopic (exact) mass is 1690 g/mol. The van der Waals surface area contributed by atoms with Crippen LogP contribution < -0.4 is 0 Å². The number of hydrogen-bond acceptors (Lipinski definition) is 6. The van der Waals surface area contributed by atoms with Crippen LogP contribution in [0, 0.1) is 0 Å². The summed E-state index contributed by atoms with van der Waals surface area (Å²) in [5.41, 5.74) is 26.1. The van der Waals surface area contributed by atoms with Gasteiger partial charge in [0.1, 0.15) is 17.5 Å². The Labute approximate surface area is 758 Å². The van der Waals surface area contributed by atoms with E-state index in [4.69, 9.17) is 29.9 Å². The van der Waals surface area contributed by atoms with Crippen LogP contribution in [0.5, 0.6) is 0 Å². The number of nitrogens with zero attached hydrogens (tertiary/aromatic N) is 12. The highest BCUT2D eigenvalue weighted by atomic mass is 15.1. The molecule has 132 heavy (non-hydrogen) atoms. The van der Waals surface area contributed by atoms with Crippen molar-refractivity contribution in [2.45, 2.75) is 0 Å². The highest BCUT2D eigenvalue weighted by Crippen LogP contribution is 2.47. The van der Waals surface area contributed by atoms with Gasteiger partial charge < -0.3 is 13.7 Å². The Morgan fingerprint density at radius 2 is 0.371 bits per heavy atom. The van der Waals surface area contributed by atoms with Crippen molar-refractivity contribution >= 4 is 131 Å². The summed E-state index contributed by atoms with van der Waals surface area (Å²) >= 11 is 0. The second-order valence-corrected chi connectivity index (χ2v) is 33.2. The lowest BCUT2D eigenvalue weighted by molar-refractivity contribution is 1.05. The molecule has 0 aliphatic heterocycles. The lowest BCUT2D eigenvalue weighted by atomic mass is 10.1. The van der Waals surface area contributed by atoms with Gasteiger partial charge in [0.15, 0.2) is 17.5 Å². The maximum Gasteiger partial charge on any atom is 0.162 e. The maximum absolute atomic E-state index is 5.22. The van der Waals surface area contributed by atoms with Crippen molar-refractivity contribution in [3.63, 3.8) is 0 Å². The summed E-state index contributed by atoms with van der Waals surface area (Å²) in [4.78, 5) is 30.8. The zero-order chi connectivity index (χ0) is 87.1. The molecule has 0 saturated carbocycles. The summed E-state index contributed by atoms with van der Waals surface area (Å²) < 4.78 is 14.1. The van der Waals surface area contributed by atoms with E-state index in [1.165, 1.54) is 97.7 Å². The Hall–Kier alpha value is -18.0. The Morgan fingerprint density at radius 1 is 0.136 bits per heavy atom. The first-order valence-electron chi connectivity index (χ1n) is 44.6. The number of hydrogen-bond donors (Lipinski definition) is 0. The van der Waals surface area contributed by atoms with Crippen molar-refractivity contribution in [2.75, 3.05) is 0 Å². The van der Waals surface area contributed by atoms with Crippen LogP contribution in [-0.4, -0.2) is 57.3 Å². The SMILES string of the molecule is c1ccc(-c2cc(-n3c4ccccc4c4c3ccc3c5ccccc5n(-c5ccccc5)c34)nc(-c3ccccc3)n2)cc1.c1ccc(-c2cc(-n3c4ccccc4c4c5c6ccccc6n(-c6ccccc6)c5ccc43)nc(-c3ccccc3)n2)cc1.c1ccc(-c2cc(-n3c4ccccc4c4cc5c(cc43)c3ccccc3n5-c3ccccc3)nc(-c3ccccc3)n2)cc1. The average molecular weight is 1690 g/mol. The van der Waals surface area contributed by atoms with Crippen molar-refractivity contribution < 1.29 is 0 Å². The van der Waals surface area contributed by atoms with Gasteiger partial charge in [-0.1, -0.05) is 352 Å². The molecule has 27 aromatic rings. The lowest BCUT2D eigenvalue weighted by Gasteiger charge is -2.12. The molecule has 0 unspecified atom stereocenters. The van der Waals surface area contributed by atoms with Crippen molar-refractivity contribution in [1.82, 2.24) is 57.3 Å². The summed E-state index contributed by atoms with van der Waals surface area (Å²) in [5, 5.41) is 14.6. The first-order valence-corrected chi connectivity index (χ1v) is 44.6. The van der Waals surface area contributed by atoms with Crippen LogP contribution in [0.1, 0.15) is 0 Å². The van der Waals surface area contributed by atoms with Crippen LogP contribution in [-0.2, 0) is 0 Å². The standard InChI is InChI=1S/3C40H26N4/c1-4-14-27(15-5-1)34-26-39(42-40(41-34)28-16-6-2-7-17-28)44-36-23-13-11-21-31(36)33-24-37-32(25-38(33)44)30-20-10-12-22-35(30)43(37)29-18-8-3-9-19-29;1-4-14-27(15-5-1)33-26-37(42-40(41-33)28-16-6-2-7-17-28)44-35-23-13-11-21-32(35)38-36(44)25-24-31-30-20-10-12-22-34(30)43(39(31)38)29-18-8-3-9-19-29;1-4-14-27(15-5-1)32-26-37(42-40(41-32)28-16-6-2-7-17-28)44-34-23-13-11-21-31(34)39-36(44)25-24-35-38(39)30-20-10-12-22-33(30)43(35)29-18-8-3-9-19-29/h3*1-26H. The minimum atomic E-state index is 0.701. The molecule has 0 aliphatic carbocycles. The summed E-state index contributed by atoms with van der Waals surface area (Å²) in [6.07, 6.45) is 0. The summed E-state index contributed by atoms with van der Waals surface area (Å²) in [7, 11) is 0. The minimum Gasteiger partial charge on any atom is -0.309 e. The van der Waals surface area contributed by atoms with Crippen LogP contribution in [0.15, 0.2) is 473 Å². The van der Waals surface area contributed by atoms with Crippen molar-refractivity contribution in [1.29, 1.82) is 0 Å². The van der Waals surface area contributed by atoms with Gasteiger partial charge >= 0.3 is 0 Å². The predicted molar refractivity (Wildman–Crippen MR) is 545 cm³/mol. The molecule has 27 rings (SSSR count). The van der Waals surface area contributed by atoms with Crippen LogP contribution >= 0.6 is 0 Å². The van der Waals surface area contributed by atoms with Crippen molar-refractivity contribution in [3.8, 4) is 102 Å². The molecular formula is C120H78N12. The Balaban J connectivity index is 0.000000106. The van der Waals surface area contributed by atoms with E-state index >= 15 is 0 Å². The topological polar surface area (TPSA) is 107 Å². The third-order valence-electron chi connectivity index (χ3n) is 25.6. The van der Waals surface area contributed by atoms with Crippen LogP contribution in [0.4, 0.5) is 0 Å². The molecule has 0 bridgehead atoms. The molecule has 9 aromatic heterocycles. The predicted octanol–water partition coefficient (Wildman–Crippen LogP) is 30.0. The second kappa shape index (κ2) is 32.1. The van der Waals surface area contributed by atoms with Crippen molar-refractivity contribution in [2.24, 2.45) is 0 Å². The van der Waals surface area contributed by atoms with E-state index in [2.05, 4.69) is 428 Å². The molecule has 0 amide bonds. The number of rotatable bonds is 12. The normalized spacial score (nSPS) is 11.6. The van der Waals surface area contributed by atoms with Gasteiger partial charge in [0.2, 0.25) is 0 Å². The third kappa shape index (κ3) is 13.0. The number of fused-ring (bicyclic) bond motifs is 20. The van der Waals surface area contributed by atoms with Crippen molar-refractivity contribution in [3.05, 3.63) is 473 Å². The Bertz CT molecular complexity index is 8760. The van der Waals surface area contributed by atoms with Gasteiger partial charge in [-0.05, 0) is 103 Å². The third-order valence-corrected chi connectivity index (χ3v) is 25.6. The zero-order valence-corrected chi connectivity index (χ0v) is 71.4. The van der Waals surface area contributed by atoms with Gasteiger partial charge in [0.05, 0.1) is 83.3 Å². The molecule has 9 heterocycles. The summed E-state index contributed by atoms with van der Waals surface area (Å²) in [6.45, 7) is 0. The van der Waals surface area contributed by atoms with E-state index in [9.17, 15) is 0 Å². The Morgan fingerprint density at radius 3 is 0.742 bits per heavy atom. The molecule has 0 fully saturated rings. The van der Waals surface area contributed by atoms with Gasteiger partial charge in [-0.3, -0.25) is 13.7 Å². The molecule has 0 spiro atoms. The van der Waals surface area contributed by atoms with Gasteiger partial charge in [-0.25, -0.2) is 29.9 Å². The average Bonchev–Trinajstić information content (AvgIpc) is 1.55. The molecule has 12 heteroatoms. The lowest BCUT2D eigenvalue weighted by Crippen LogP contribution is -2.02. The van der Waals surface area contributed by atoms with Gasteiger partial charge in [-0.15, -0.1) is 0 Å². The van der Waals surface area contributed by atoms with E-state index in [-0.39, 0.29) is 0 Å². The highest BCUT2D eigenvalue weighted by Gasteiger charge is 2.27. The van der Waals surface area contributed by atoms with Crippen LogP contribution in [0.25, 0.3) is 233 Å². The number of benzene rings is 18. The van der Waals surface area contributed by atoms with E-state index in [0.717, 1.165) is 118 Å². The smallest absolute Gasteiger partial charge is 0.162 e. The van der Waals surface area contributed by atoms with Gasteiger partial charge in [0.25, 0.3) is 0 Å². The fraction of sp³-hybridized carbons (Fsp3) is 0. The quantitative estimate of drug-likeness (QED) is 0.121. The molecule has 618 valence electrons. The zero-order valence-electron chi connectivity index (χ0n) is 71.4. The fourth-order valence-corrected chi connectivity index (χ4v) is 19.8. The van der Waals surface area contributed by atoms with Crippen LogP contribution in [0.2, 0.25) is 0 Å². The number of para-hydroxylation sites is 9. The maximum atomic E-state index is 5.22. The second-order valence-electron chi connectivity index (χ2n) is 33.2. The molecule has 12 nitrogen and oxygen atoms in total. The van der Waals surface area contributed by atoms with E-state index < -0.39 is 0 Å². The molecule has 0 saturated heterocycles. The summed E-state index contributed by atoms with van der Waals surface area (Å²) in [6, 6.07) is 166. The van der Waals surface area contributed by atoms with Crippen LogP contribution in [0.3, 0.4) is 0 Å². The Kier molecular flexibility index (Phi) is 18.6. The molecule has 0 aliphatic rings. The first kappa shape index (κ1) is 76.4. The molecule has 18 aromatic carbocycles. The largest absolute Gasteiger partial charge is 0.309 e. The first-order chi connectivity index (χ1) is 65.5. The highest BCUT2D eigenvalue weighted by molar-refractivity contribution is 6.30. The summed E-state index contributed by atoms with van der Waals surface area (Å²) in [5.74, 6) is 4.63. The van der Waals surface area contributed by atoms with E-state index in [1.807, 2.05) is 72.8 Å². The van der Waals surface area contributed by atoms with E-state index in [0.29, 0.717) is 17.5 Å². The van der Waals surface area contributed by atoms with Gasteiger partial charge in [-0.2, -0.15) is 0 Å². The minimum absolute atomic E-state index is 0.701. The number of aromatic nitrogens is 12. The molecule has 0 N–H and O–H groups in total. The molecular weight excluding hydrogens is 1610 g/mol.